The second-order valence-corrected chi connectivity index (χ2v) is 7.93. The average Bonchev–Trinajstić information content (AvgIpc) is 3.21. The highest BCUT2D eigenvalue weighted by molar-refractivity contribution is 5.99. The first-order valence-corrected chi connectivity index (χ1v) is 10.2. The van der Waals surface area contributed by atoms with Gasteiger partial charge in [-0.2, -0.15) is 5.10 Å². The number of nitrogens with one attached hydrogen (secondary N) is 3. The van der Waals surface area contributed by atoms with Crippen molar-refractivity contribution in [2.45, 2.75) is 37.6 Å². The number of aromatic hydroxyl groups is 1. The highest BCUT2D eigenvalue weighted by Gasteiger charge is 2.26. The van der Waals surface area contributed by atoms with E-state index in [1.807, 2.05) is 30.3 Å². The fourth-order valence-corrected chi connectivity index (χ4v) is 4.48. The molecule has 0 aliphatic heterocycles. The third-order valence-electron chi connectivity index (χ3n) is 6.05. The summed E-state index contributed by atoms with van der Waals surface area (Å²) in [5.41, 5.74) is 1.78. The van der Waals surface area contributed by atoms with Gasteiger partial charge in [-0.25, -0.2) is 5.10 Å². The summed E-state index contributed by atoms with van der Waals surface area (Å²) < 4.78 is 0. The quantitative estimate of drug-likeness (QED) is 0.420. The summed E-state index contributed by atoms with van der Waals surface area (Å²) in [6.07, 6.45) is 3.47. The minimum Gasteiger partial charge on any atom is -0.506 e. The van der Waals surface area contributed by atoms with Crippen LogP contribution < -0.4 is 10.9 Å². The number of carbonyl (C=O) groups is 1. The molecule has 7 nitrogen and oxygen atoms in total. The summed E-state index contributed by atoms with van der Waals surface area (Å²) in [4.78, 5) is 27.7. The van der Waals surface area contributed by atoms with E-state index in [1.54, 1.807) is 18.2 Å². The number of benzene rings is 2. The van der Waals surface area contributed by atoms with E-state index >= 15 is 0 Å². The molecule has 4 aromatic rings. The highest BCUT2D eigenvalue weighted by Crippen LogP contribution is 2.34. The van der Waals surface area contributed by atoms with E-state index in [9.17, 15) is 14.7 Å². The molecule has 1 amide bonds. The third-order valence-corrected chi connectivity index (χ3v) is 6.05. The molecule has 4 N–H and O–H groups in total. The smallest absolute Gasteiger partial charge is 0.272 e. The van der Waals surface area contributed by atoms with Gasteiger partial charge in [0, 0.05) is 22.7 Å². The van der Waals surface area contributed by atoms with E-state index in [-0.39, 0.29) is 29.2 Å². The van der Waals surface area contributed by atoms with Gasteiger partial charge in [-0.05, 0) is 43.9 Å². The second kappa shape index (κ2) is 7.33. The molecule has 1 aliphatic carbocycles. The van der Waals surface area contributed by atoms with Gasteiger partial charge in [0.15, 0.2) is 0 Å². The SMILES string of the molecule is O=C(N[C@H]1CC[C@H](c2n[nH]c(=O)c3ccccc32)CC1)c1cc2cccc(O)c2[nH]1. The van der Waals surface area contributed by atoms with Gasteiger partial charge in [0.05, 0.1) is 16.6 Å². The van der Waals surface area contributed by atoms with E-state index in [0.717, 1.165) is 42.1 Å². The van der Waals surface area contributed by atoms with Gasteiger partial charge in [-0.15, -0.1) is 0 Å². The zero-order chi connectivity index (χ0) is 20.7. The summed E-state index contributed by atoms with van der Waals surface area (Å²) in [7, 11) is 0. The molecule has 152 valence electrons. The lowest BCUT2D eigenvalue weighted by Crippen LogP contribution is -2.37. The first-order chi connectivity index (χ1) is 14.6. The summed E-state index contributed by atoms with van der Waals surface area (Å²) in [6, 6.07) is 14.6. The van der Waals surface area contributed by atoms with Crippen molar-refractivity contribution in [2.24, 2.45) is 0 Å². The maximum atomic E-state index is 12.7. The largest absolute Gasteiger partial charge is 0.506 e. The molecular weight excluding hydrogens is 380 g/mol. The Labute approximate surface area is 172 Å². The van der Waals surface area contributed by atoms with Crippen molar-refractivity contribution in [1.82, 2.24) is 20.5 Å². The Bertz CT molecular complexity index is 1300. The lowest BCUT2D eigenvalue weighted by molar-refractivity contribution is 0.0921. The van der Waals surface area contributed by atoms with Crippen molar-refractivity contribution in [3.63, 3.8) is 0 Å². The van der Waals surface area contributed by atoms with Crippen molar-refractivity contribution in [2.75, 3.05) is 0 Å². The normalized spacial score (nSPS) is 19.2. The highest BCUT2D eigenvalue weighted by atomic mass is 16.3. The molecule has 5 rings (SSSR count). The molecule has 2 heterocycles. The Morgan fingerprint density at radius 3 is 2.57 bits per heavy atom. The van der Waals surface area contributed by atoms with E-state index in [4.69, 9.17) is 0 Å². The molecule has 0 unspecified atom stereocenters. The Morgan fingerprint density at radius 1 is 1.03 bits per heavy atom. The van der Waals surface area contributed by atoms with Crippen LogP contribution in [0.3, 0.4) is 0 Å². The number of aromatic amines is 2. The minimum atomic E-state index is -0.167. The third kappa shape index (κ3) is 3.22. The van der Waals surface area contributed by atoms with Gasteiger partial charge in [0.25, 0.3) is 11.5 Å². The molecule has 0 atom stereocenters. The number of aromatic nitrogens is 3. The van der Waals surface area contributed by atoms with Crippen LogP contribution in [0.5, 0.6) is 5.75 Å². The molecule has 0 saturated heterocycles. The molecule has 0 spiro atoms. The van der Waals surface area contributed by atoms with Crippen LogP contribution in [-0.4, -0.2) is 32.2 Å². The van der Waals surface area contributed by atoms with Gasteiger partial charge in [0.1, 0.15) is 11.4 Å². The van der Waals surface area contributed by atoms with Crippen molar-refractivity contribution in [3.8, 4) is 5.75 Å². The zero-order valence-corrected chi connectivity index (χ0v) is 16.3. The first kappa shape index (κ1) is 18.4. The number of hydrogen-bond donors (Lipinski definition) is 4. The van der Waals surface area contributed by atoms with Crippen LogP contribution in [0.1, 0.15) is 47.8 Å². The standard InChI is InChI=1S/C23H22N4O3/c28-19-7-3-4-14-12-18(25-21(14)19)23(30)24-15-10-8-13(9-11-15)20-16-5-1-2-6-17(16)22(29)27-26-20/h1-7,12-13,15,25,28H,8-11H2,(H,24,30)(H,27,29)/t13-,15-. The Morgan fingerprint density at radius 2 is 1.80 bits per heavy atom. The molecule has 0 radical (unpaired) electrons. The molecule has 1 saturated carbocycles. The van der Waals surface area contributed by atoms with Crippen molar-refractivity contribution in [3.05, 3.63) is 70.3 Å². The number of phenols is 1. The molecular formula is C23H22N4O3. The van der Waals surface area contributed by atoms with E-state index in [1.165, 1.54) is 0 Å². The lowest BCUT2D eigenvalue weighted by atomic mass is 9.82. The minimum absolute atomic E-state index is 0.0859. The van der Waals surface area contributed by atoms with Crippen LogP contribution >= 0.6 is 0 Å². The molecule has 7 heteroatoms. The molecule has 1 fully saturated rings. The number of amides is 1. The topological polar surface area (TPSA) is 111 Å². The first-order valence-electron chi connectivity index (χ1n) is 10.2. The van der Waals surface area contributed by atoms with Crippen LogP contribution in [-0.2, 0) is 0 Å². The molecule has 1 aliphatic rings. The number of nitrogens with zero attached hydrogens (tertiary/aromatic N) is 1. The maximum Gasteiger partial charge on any atom is 0.272 e. The van der Waals surface area contributed by atoms with Crippen LogP contribution in [0.15, 0.2) is 53.3 Å². The van der Waals surface area contributed by atoms with E-state index < -0.39 is 0 Å². The van der Waals surface area contributed by atoms with E-state index in [2.05, 4.69) is 20.5 Å². The predicted octanol–water partition coefficient (Wildman–Crippen LogP) is 3.57. The second-order valence-electron chi connectivity index (χ2n) is 7.93. The Hall–Kier alpha value is -3.61. The zero-order valence-electron chi connectivity index (χ0n) is 16.3. The fraction of sp³-hybridized carbons (Fsp3) is 0.261. The van der Waals surface area contributed by atoms with Gasteiger partial charge in [0.2, 0.25) is 0 Å². The number of fused-ring (bicyclic) bond motifs is 2. The van der Waals surface area contributed by atoms with Crippen LogP contribution in [0, 0.1) is 0 Å². The average molecular weight is 402 g/mol. The fourth-order valence-electron chi connectivity index (χ4n) is 4.48. The predicted molar refractivity (Wildman–Crippen MR) is 115 cm³/mol. The summed E-state index contributed by atoms with van der Waals surface area (Å²) >= 11 is 0. The number of para-hydroxylation sites is 1. The van der Waals surface area contributed by atoms with Crippen LogP contribution in [0.4, 0.5) is 0 Å². The Kier molecular flexibility index (Phi) is 4.50. The van der Waals surface area contributed by atoms with Crippen LogP contribution in [0.25, 0.3) is 21.7 Å². The molecule has 0 bridgehead atoms. The Balaban J connectivity index is 1.28. The van der Waals surface area contributed by atoms with Gasteiger partial charge in [-0.1, -0.05) is 30.3 Å². The lowest BCUT2D eigenvalue weighted by Gasteiger charge is -2.29. The van der Waals surface area contributed by atoms with Gasteiger partial charge in [-0.3, -0.25) is 9.59 Å². The van der Waals surface area contributed by atoms with Gasteiger partial charge >= 0.3 is 0 Å². The number of rotatable bonds is 3. The van der Waals surface area contributed by atoms with Crippen molar-refractivity contribution < 1.29 is 9.90 Å². The van der Waals surface area contributed by atoms with Gasteiger partial charge < -0.3 is 15.4 Å². The summed E-state index contributed by atoms with van der Waals surface area (Å²) in [5.74, 6) is 0.222. The number of phenolic OH excluding ortho intramolecular Hbond substituents is 1. The van der Waals surface area contributed by atoms with Crippen molar-refractivity contribution in [1.29, 1.82) is 0 Å². The molecule has 30 heavy (non-hydrogen) atoms. The molecule has 2 aromatic carbocycles. The van der Waals surface area contributed by atoms with Crippen LogP contribution in [0.2, 0.25) is 0 Å². The number of hydrogen-bond acceptors (Lipinski definition) is 4. The number of carbonyl (C=O) groups excluding carboxylic acids is 1. The number of H-pyrrole nitrogens is 2. The van der Waals surface area contributed by atoms with Crippen molar-refractivity contribution >= 4 is 27.6 Å². The molecule has 2 aromatic heterocycles. The van der Waals surface area contributed by atoms with E-state index in [0.29, 0.717) is 16.6 Å². The maximum absolute atomic E-state index is 12.7. The monoisotopic (exact) mass is 402 g/mol. The summed E-state index contributed by atoms with van der Waals surface area (Å²) in [5, 5.41) is 22.4. The summed E-state index contributed by atoms with van der Waals surface area (Å²) in [6.45, 7) is 0.